The second-order valence-corrected chi connectivity index (χ2v) is 3.65. The van der Waals surface area contributed by atoms with Gasteiger partial charge in [-0.3, -0.25) is 9.59 Å². The number of carbonyl (C=O) groups excluding carboxylic acids is 1. The first-order valence-electron chi connectivity index (χ1n) is 4.30. The average Bonchev–Trinajstić information content (AvgIpc) is 2.31. The molecule has 0 bridgehead atoms. The van der Waals surface area contributed by atoms with Crippen molar-refractivity contribution in [2.75, 3.05) is 0 Å². The molecule has 2 atom stereocenters. The van der Waals surface area contributed by atoms with Crippen molar-refractivity contribution in [2.45, 2.75) is 33.1 Å². The van der Waals surface area contributed by atoms with Gasteiger partial charge in [0, 0.05) is 5.92 Å². The predicted molar refractivity (Wildman–Crippen MR) is 43.8 cm³/mol. The SMILES string of the molecule is CCC1CCC(C)(C(=O)O)C1=O. The van der Waals surface area contributed by atoms with Crippen LogP contribution < -0.4 is 0 Å². The molecule has 1 rings (SSSR count). The smallest absolute Gasteiger partial charge is 0.316 e. The zero-order chi connectivity index (χ0) is 9.35. The lowest BCUT2D eigenvalue weighted by Crippen LogP contribution is -2.33. The molecule has 0 aromatic carbocycles. The van der Waals surface area contributed by atoms with Gasteiger partial charge in [-0.15, -0.1) is 0 Å². The Bertz CT molecular complexity index is 222. The maximum atomic E-state index is 11.5. The Hall–Kier alpha value is -0.860. The number of carboxylic acid groups (broad SMARTS) is 1. The summed E-state index contributed by atoms with van der Waals surface area (Å²) in [5, 5.41) is 8.84. The molecule has 0 aliphatic heterocycles. The van der Waals surface area contributed by atoms with Gasteiger partial charge < -0.3 is 5.11 Å². The standard InChI is InChI=1S/C9H14O3/c1-3-6-4-5-9(2,7(6)10)8(11)12/h6H,3-5H2,1-2H3,(H,11,12). The summed E-state index contributed by atoms with van der Waals surface area (Å²) >= 11 is 0. The number of ketones is 1. The number of carbonyl (C=O) groups is 2. The van der Waals surface area contributed by atoms with Gasteiger partial charge in [0.05, 0.1) is 0 Å². The van der Waals surface area contributed by atoms with E-state index in [0.29, 0.717) is 6.42 Å². The summed E-state index contributed by atoms with van der Waals surface area (Å²) in [6, 6.07) is 0. The van der Waals surface area contributed by atoms with E-state index in [2.05, 4.69) is 0 Å². The third kappa shape index (κ3) is 1.13. The quantitative estimate of drug-likeness (QED) is 0.638. The number of aliphatic carboxylic acids is 1. The van der Waals surface area contributed by atoms with Crippen molar-refractivity contribution in [3.63, 3.8) is 0 Å². The summed E-state index contributed by atoms with van der Waals surface area (Å²) in [4.78, 5) is 22.3. The molecule has 1 fully saturated rings. The molecule has 3 heteroatoms. The van der Waals surface area contributed by atoms with Crippen molar-refractivity contribution in [1.82, 2.24) is 0 Å². The Labute approximate surface area is 71.8 Å². The molecule has 3 nitrogen and oxygen atoms in total. The van der Waals surface area contributed by atoms with Crippen molar-refractivity contribution in [3.05, 3.63) is 0 Å². The minimum atomic E-state index is -1.10. The van der Waals surface area contributed by atoms with Crippen LogP contribution in [-0.4, -0.2) is 16.9 Å². The van der Waals surface area contributed by atoms with Crippen LogP contribution in [0.25, 0.3) is 0 Å². The summed E-state index contributed by atoms with van der Waals surface area (Å²) in [5.41, 5.74) is -1.10. The molecule has 0 heterocycles. The van der Waals surface area contributed by atoms with E-state index >= 15 is 0 Å². The van der Waals surface area contributed by atoms with Gasteiger partial charge in [-0.25, -0.2) is 0 Å². The van der Waals surface area contributed by atoms with E-state index in [-0.39, 0.29) is 11.7 Å². The van der Waals surface area contributed by atoms with Gasteiger partial charge in [-0.05, 0) is 26.2 Å². The monoisotopic (exact) mass is 170 g/mol. The van der Waals surface area contributed by atoms with Gasteiger partial charge in [-0.2, -0.15) is 0 Å². The van der Waals surface area contributed by atoms with Crippen LogP contribution in [0.4, 0.5) is 0 Å². The van der Waals surface area contributed by atoms with E-state index in [4.69, 9.17) is 5.11 Å². The molecular formula is C9H14O3. The van der Waals surface area contributed by atoms with Gasteiger partial charge in [-0.1, -0.05) is 6.92 Å². The van der Waals surface area contributed by atoms with Crippen LogP contribution in [0, 0.1) is 11.3 Å². The first kappa shape index (κ1) is 9.23. The van der Waals surface area contributed by atoms with Crippen LogP contribution in [0.15, 0.2) is 0 Å². The van der Waals surface area contributed by atoms with E-state index in [0.717, 1.165) is 12.8 Å². The third-order valence-corrected chi connectivity index (χ3v) is 2.87. The predicted octanol–water partition coefficient (Wildman–Crippen LogP) is 1.47. The number of rotatable bonds is 2. The minimum absolute atomic E-state index is 0.0221. The van der Waals surface area contributed by atoms with Gasteiger partial charge in [0.1, 0.15) is 5.41 Å². The van der Waals surface area contributed by atoms with Gasteiger partial charge in [0.2, 0.25) is 0 Å². The normalized spacial score (nSPS) is 35.5. The molecule has 1 aliphatic carbocycles. The number of hydrogen-bond acceptors (Lipinski definition) is 2. The van der Waals surface area contributed by atoms with Crippen LogP contribution >= 0.6 is 0 Å². The molecule has 1 saturated carbocycles. The van der Waals surface area contributed by atoms with Crippen LogP contribution in [0.3, 0.4) is 0 Å². The Morgan fingerprint density at radius 2 is 2.33 bits per heavy atom. The summed E-state index contributed by atoms with van der Waals surface area (Å²) in [6.07, 6.45) is 2.00. The Kier molecular flexibility index (Phi) is 2.22. The first-order chi connectivity index (χ1) is 5.52. The molecule has 0 aromatic rings. The van der Waals surface area contributed by atoms with E-state index in [1.807, 2.05) is 6.92 Å². The molecule has 0 saturated heterocycles. The molecule has 0 amide bonds. The minimum Gasteiger partial charge on any atom is -0.481 e. The van der Waals surface area contributed by atoms with E-state index in [1.165, 1.54) is 6.92 Å². The second-order valence-electron chi connectivity index (χ2n) is 3.65. The van der Waals surface area contributed by atoms with E-state index in [1.54, 1.807) is 0 Å². The van der Waals surface area contributed by atoms with Crippen LogP contribution in [0.2, 0.25) is 0 Å². The lowest BCUT2D eigenvalue weighted by molar-refractivity contribution is -0.152. The zero-order valence-electron chi connectivity index (χ0n) is 7.46. The molecule has 1 N–H and O–H groups in total. The lowest BCUT2D eigenvalue weighted by Gasteiger charge is -2.15. The van der Waals surface area contributed by atoms with Crippen molar-refractivity contribution in [3.8, 4) is 0 Å². The van der Waals surface area contributed by atoms with Crippen LogP contribution in [0.1, 0.15) is 33.1 Å². The van der Waals surface area contributed by atoms with Crippen LogP contribution in [-0.2, 0) is 9.59 Å². The Morgan fingerprint density at radius 3 is 2.58 bits per heavy atom. The fraction of sp³-hybridized carbons (Fsp3) is 0.778. The van der Waals surface area contributed by atoms with Crippen LogP contribution in [0.5, 0.6) is 0 Å². The molecule has 68 valence electrons. The topological polar surface area (TPSA) is 54.4 Å². The molecule has 1 aliphatic rings. The fourth-order valence-electron chi connectivity index (χ4n) is 1.77. The molecule has 0 aromatic heterocycles. The van der Waals surface area contributed by atoms with Crippen molar-refractivity contribution >= 4 is 11.8 Å². The first-order valence-corrected chi connectivity index (χ1v) is 4.30. The van der Waals surface area contributed by atoms with Gasteiger partial charge in [0.25, 0.3) is 0 Å². The Morgan fingerprint density at radius 1 is 1.75 bits per heavy atom. The second kappa shape index (κ2) is 2.88. The highest BCUT2D eigenvalue weighted by molar-refractivity contribution is 6.05. The summed E-state index contributed by atoms with van der Waals surface area (Å²) < 4.78 is 0. The summed E-state index contributed by atoms with van der Waals surface area (Å²) in [7, 11) is 0. The van der Waals surface area contributed by atoms with Crippen molar-refractivity contribution in [1.29, 1.82) is 0 Å². The maximum Gasteiger partial charge on any atom is 0.316 e. The highest BCUT2D eigenvalue weighted by atomic mass is 16.4. The van der Waals surface area contributed by atoms with Gasteiger partial charge in [0.15, 0.2) is 5.78 Å². The van der Waals surface area contributed by atoms with Gasteiger partial charge >= 0.3 is 5.97 Å². The fourth-order valence-corrected chi connectivity index (χ4v) is 1.77. The van der Waals surface area contributed by atoms with E-state index < -0.39 is 11.4 Å². The third-order valence-electron chi connectivity index (χ3n) is 2.87. The summed E-state index contributed by atoms with van der Waals surface area (Å²) in [5.74, 6) is -1.08. The molecule has 12 heavy (non-hydrogen) atoms. The van der Waals surface area contributed by atoms with Crippen molar-refractivity contribution < 1.29 is 14.7 Å². The number of carboxylic acids is 1. The highest BCUT2D eigenvalue weighted by Crippen LogP contribution is 2.39. The van der Waals surface area contributed by atoms with Crippen molar-refractivity contribution in [2.24, 2.45) is 11.3 Å². The highest BCUT2D eigenvalue weighted by Gasteiger charge is 2.48. The summed E-state index contributed by atoms with van der Waals surface area (Å²) in [6.45, 7) is 3.46. The average molecular weight is 170 g/mol. The molecular weight excluding hydrogens is 156 g/mol. The zero-order valence-corrected chi connectivity index (χ0v) is 7.46. The Balaban J connectivity index is 2.85. The number of Topliss-reactive ketones (excluding diaryl/α,β-unsaturated/α-hetero) is 1. The number of hydrogen-bond donors (Lipinski definition) is 1. The molecule has 0 spiro atoms. The van der Waals surface area contributed by atoms with E-state index in [9.17, 15) is 9.59 Å². The largest absolute Gasteiger partial charge is 0.481 e. The maximum absolute atomic E-state index is 11.5. The molecule has 2 unspecified atom stereocenters. The molecule has 0 radical (unpaired) electrons. The lowest BCUT2D eigenvalue weighted by atomic mass is 9.86.